The van der Waals surface area contributed by atoms with Crippen LogP contribution in [0.3, 0.4) is 0 Å². The van der Waals surface area contributed by atoms with Crippen molar-refractivity contribution in [2.45, 2.75) is 13.3 Å². The number of rotatable bonds is 6. The lowest BCUT2D eigenvalue weighted by molar-refractivity contribution is 0.0953. The predicted octanol–water partition coefficient (Wildman–Crippen LogP) is 2.66. The van der Waals surface area contributed by atoms with Crippen molar-refractivity contribution in [1.82, 2.24) is 15.5 Å². The third-order valence-corrected chi connectivity index (χ3v) is 4.40. The molecule has 0 unspecified atom stereocenters. The summed E-state index contributed by atoms with van der Waals surface area (Å²) in [6.07, 6.45) is 0.766. The van der Waals surface area contributed by atoms with Gasteiger partial charge in [-0.3, -0.25) is 4.79 Å². The molecule has 19 heavy (non-hydrogen) atoms. The Morgan fingerprint density at radius 2 is 2.21 bits per heavy atom. The smallest absolute Gasteiger partial charge is 0.282 e. The second kappa shape index (κ2) is 6.83. The van der Waals surface area contributed by atoms with Crippen LogP contribution in [0.25, 0.3) is 0 Å². The highest BCUT2D eigenvalue weighted by molar-refractivity contribution is 7.17. The van der Waals surface area contributed by atoms with E-state index >= 15 is 0 Å². The van der Waals surface area contributed by atoms with E-state index in [1.54, 1.807) is 0 Å². The number of hydrogen-bond donors (Lipinski definition) is 2. The lowest BCUT2D eigenvalue weighted by Gasteiger charge is -2.00. The Bertz CT molecular complexity index is 554. The zero-order valence-corrected chi connectivity index (χ0v) is 12.7. The molecule has 1 amide bonds. The zero-order valence-electron chi connectivity index (χ0n) is 10.3. The van der Waals surface area contributed by atoms with Crippen molar-refractivity contribution in [3.63, 3.8) is 0 Å². The summed E-state index contributed by atoms with van der Waals surface area (Å²) in [5, 5.41) is 14.6. The maximum absolute atomic E-state index is 11.8. The standard InChI is InChI=1S/C11H13ClN4OS2/c1-2-13-11-16-15-10(19-11)9(17)14-6-5-7-3-4-8(12)18-7/h3-4H,2,5-6H2,1H3,(H,13,16)(H,14,17). The van der Waals surface area contributed by atoms with E-state index in [-0.39, 0.29) is 5.91 Å². The SMILES string of the molecule is CCNc1nnc(C(=O)NCCc2ccc(Cl)s2)s1. The van der Waals surface area contributed by atoms with Gasteiger partial charge in [0.05, 0.1) is 4.34 Å². The van der Waals surface area contributed by atoms with Gasteiger partial charge in [0.1, 0.15) is 0 Å². The highest BCUT2D eigenvalue weighted by Gasteiger charge is 2.11. The number of nitrogens with zero attached hydrogens (tertiary/aromatic N) is 2. The van der Waals surface area contributed by atoms with E-state index in [1.807, 2.05) is 19.1 Å². The van der Waals surface area contributed by atoms with Crippen LogP contribution in [0.1, 0.15) is 21.6 Å². The number of carbonyl (C=O) groups excluding carboxylic acids is 1. The summed E-state index contributed by atoms with van der Waals surface area (Å²) in [6.45, 7) is 3.29. The van der Waals surface area contributed by atoms with Gasteiger partial charge < -0.3 is 10.6 Å². The fourth-order valence-corrected chi connectivity index (χ4v) is 3.21. The molecule has 0 bridgehead atoms. The van der Waals surface area contributed by atoms with E-state index < -0.39 is 0 Å². The van der Waals surface area contributed by atoms with Crippen LogP contribution in [-0.4, -0.2) is 29.2 Å². The van der Waals surface area contributed by atoms with Gasteiger partial charge in [0.15, 0.2) is 0 Å². The van der Waals surface area contributed by atoms with E-state index in [2.05, 4.69) is 20.8 Å². The molecule has 2 aromatic heterocycles. The van der Waals surface area contributed by atoms with Crippen molar-refractivity contribution >= 4 is 45.3 Å². The van der Waals surface area contributed by atoms with E-state index in [0.717, 1.165) is 22.2 Å². The predicted molar refractivity (Wildman–Crippen MR) is 79.4 cm³/mol. The first-order valence-electron chi connectivity index (χ1n) is 5.79. The molecule has 5 nitrogen and oxygen atoms in total. The van der Waals surface area contributed by atoms with Gasteiger partial charge in [-0.25, -0.2) is 0 Å². The van der Waals surface area contributed by atoms with Gasteiger partial charge in [0.2, 0.25) is 10.1 Å². The molecule has 0 aromatic carbocycles. The Balaban J connectivity index is 1.80. The number of halogens is 1. The summed E-state index contributed by atoms with van der Waals surface area (Å²) in [4.78, 5) is 13.0. The number of aromatic nitrogens is 2. The molecule has 0 saturated heterocycles. The number of thiophene rings is 1. The second-order valence-electron chi connectivity index (χ2n) is 3.65. The minimum absolute atomic E-state index is 0.190. The molecule has 0 aliphatic carbocycles. The minimum atomic E-state index is -0.190. The molecule has 0 radical (unpaired) electrons. The zero-order chi connectivity index (χ0) is 13.7. The average molecular weight is 317 g/mol. The van der Waals surface area contributed by atoms with Gasteiger partial charge >= 0.3 is 0 Å². The number of carbonyl (C=O) groups is 1. The number of anilines is 1. The molecule has 0 fully saturated rings. The summed E-state index contributed by atoms with van der Waals surface area (Å²) >= 11 is 8.61. The fourth-order valence-electron chi connectivity index (χ4n) is 1.40. The summed E-state index contributed by atoms with van der Waals surface area (Å²) in [5.74, 6) is -0.190. The molecule has 0 atom stereocenters. The normalized spacial score (nSPS) is 10.4. The largest absolute Gasteiger partial charge is 0.360 e. The summed E-state index contributed by atoms with van der Waals surface area (Å²) in [5.41, 5.74) is 0. The summed E-state index contributed by atoms with van der Waals surface area (Å²) in [7, 11) is 0. The van der Waals surface area contributed by atoms with E-state index in [4.69, 9.17) is 11.6 Å². The van der Waals surface area contributed by atoms with E-state index in [1.165, 1.54) is 22.7 Å². The number of hydrogen-bond acceptors (Lipinski definition) is 6. The molecule has 102 valence electrons. The quantitative estimate of drug-likeness (QED) is 0.860. The maximum Gasteiger partial charge on any atom is 0.282 e. The van der Waals surface area contributed by atoms with Crippen molar-refractivity contribution in [1.29, 1.82) is 0 Å². The third kappa shape index (κ3) is 4.15. The summed E-state index contributed by atoms with van der Waals surface area (Å²) in [6, 6.07) is 3.82. The molecule has 0 aliphatic heterocycles. The van der Waals surface area contributed by atoms with Crippen molar-refractivity contribution in [2.75, 3.05) is 18.4 Å². The van der Waals surface area contributed by atoms with Gasteiger partial charge in [0, 0.05) is 18.0 Å². The Kier molecular flexibility index (Phi) is 5.12. The van der Waals surface area contributed by atoms with Crippen LogP contribution in [0.2, 0.25) is 4.34 Å². The number of nitrogens with one attached hydrogen (secondary N) is 2. The van der Waals surface area contributed by atoms with Crippen molar-refractivity contribution in [3.8, 4) is 0 Å². The molecular formula is C11H13ClN4OS2. The Hall–Kier alpha value is -1.18. The van der Waals surface area contributed by atoms with Crippen LogP contribution in [0.4, 0.5) is 5.13 Å². The number of amides is 1. The van der Waals surface area contributed by atoms with E-state index in [0.29, 0.717) is 16.7 Å². The molecule has 8 heteroatoms. The average Bonchev–Trinajstić information content (AvgIpc) is 2.99. The molecule has 2 rings (SSSR count). The van der Waals surface area contributed by atoms with Gasteiger partial charge in [-0.15, -0.1) is 21.5 Å². The van der Waals surface area contributed by atoms with Gasteiger partial charge in [-0.2, -0.15) is 0 Å². The van der Waals surface area contributed by atoms with Crippen molar-refractivity contribution in [3.05, 3.63) is 26.4 Å². The lowest BCUT2D eigenvalue weighted by Crippen LogP contribution is -2.25. The van der Waals surface area contributed by atoms with E-state index in [9.17, 15) is 4.79 Å². The monoisotopic (exact) mass is 316 g/mol. The van der Waals surface area contributed by atoms with Gasteiger partial charge in [0.25, 0.3) is 5.91 Å². The molecule has 2 aromatic rings. The van der Waals surface area contributed by atoms with Crippen LogP contribution in [0.5, 0.6) is 0 Å². The molecule has 0 aliphatic rings. The Morgan fingerprint density at radius 1 is 1.37 bits per heavy atom. The van der Waals surface area contributed by atoms with Crippen LogP contribution in [0.15, 0.2) is 12.1 Å². The maximum atomic E-state index is 11.8. The summed E-state index contributed by atoms with van der Waals surface area (Å²) < 4.78 is 0.765. The molecule has 2 N–H and O–H groups in total. The second-order valence-corrected chi connectivity index (χ2v) is 6.43. The minimum Gasteiger partial charge on any atom is -0.360 e. The van der Waals surface area contributed by atoms with Gasteiger partial charge in [-0.1, -0.05) is 22.9 Å². The highest BCUT2D eigenvalue weighted by atomic mass is 35.5. The Morgan fingerprint density at radius 3 is 2.89 bits per heavy atom. The van der Waals surface area contributed by atoms with Crippen molar-refractivity contribution < 1.29 is 4.79 Å². The molecule has 0 saturated carbocycles. The topological polar surface area (TPSA) is 66.9 Å². The lowest BCUT2D eigenvalue weighted by atomic mass is 10.3. The van der Waals surface area contributed by atoms with Crippen LogP contribution in [-0.2, 0) is 6.42 Å². The first-order chi connectivity index (χ1) is 9.19. The highest BCUT2D eigenvalue weighted by Crippen LogP contribution is 2.21. The fraction of sp³-hybridized carbons (Fsp3) is 0.364. The van der Waals surface area contributed by atoms with Crippen LogP contribution < -0.4 is 10.6 Å². The third-order valence-electron chi connectivity index (χ3n) is 2.23. The Labute approximate surface area is 124 Å². The van der Waals surface area contributed by atoms with Crippen molar-refractivity contribution in [2.24, 2.45) is 0 Å². The van der Waals surface area contributed by atoms with Crippen LogP contribution >= 0.6 is 34.3 Å². The molecular weight excluding hydrogens is 304 g/mol. The first kappa shape index (κ1) is 14.2. The van der Waals surface area contributed by atoms with Crippen LogP contribution in [0, 0.1) is 0 Å². The molecule has 0 spiro atoms. The first-order valence-corrected chi connectivity index (χ1v) is 7.80. The van der Waals surface area contributed by atoms with Gasteiger partial charge in [-0.05, 0) is 25.5 Å². The molecule has 2 heterocycles.